The van der Waals surface area contributed by atoms with Gasteiger partial charge in [-0.25, -0.2) is 9.59 Å². The van der Waals surface area contributed by atoms with Gasteiger partial charge in [0.15, 0.2) is 0 Å². The van der Waals surface area contributed by atoms with Crippen LogP contribution in [0.4, 0.5) is 0 Å². The summed E-state index contributed by atoms with van der Waals surface area (Å²) in [6.07, 6.45) is 0. The number of halogens is 1. The molecule has 1 fully saturated rings. The van der Waals surface area contributed by atoms with Crippen LogP contribution in [0.2, 0.25) is 0 Å². The van der Waals surface area contributed by atoms with E-state index < -0.39 is 11.9 Å². The molecule has 1 aromatic carbocycles. The van der Waals surface area contributed by atoms with Gasteiger partial charge in [-0.1, -0.05) is 12.1 Å². The van der Waals surface area contributed by atoms with Gasteiger partial charge in [0.1, 0.15) is 12.4 Å². The van der Waals surface area contributed by atoms with Crippen LogP contribution in [0.5, 0.6) is 5.75 Å². The molecule has 0 aromatic heterocycles. The maximum absolute atomic E-state index is 9.10. The van der Waals surface area contributed by atoms with Gasteiger partial charge in [-0.05, 0) is 28.1 Å². The van der Waals surface area contributed by atoms with Gasteiger partial charge in [0.05, 0.1) is 17.7 Å². The second-order valence-electron chi connectivity index (χ2n) is 5.09. The highest BCUT2D eigenvalue weighted by molar-refractivity contribution is 9.10. The molecule has 1 aliphatic heterocycles. The smallest absolute Gasteiger partial charge is 0.414 e. The van der Waals surface area contributed by atoms with Gasteiger partial charge < -0.3 is 25.0 Å². The molecule has 8 nitrogen and oxygen atoms in total. The lowest BCUT2D eigenvalue weighted by Gasteiger charge is -2.26. The number of nitrogens with zero attached hydrogens (tertiary/aromatic N) is 1. The molecule has 0 spiro atoms. The molecule has 9 heteroatoms. The number of carbonyl (C=O) groups is 2. The lowest BCUT2D eigenvalue weighted by atomic mass is 10.3. The number of hydrogen-bond acceptors (Lipinski definition) is 6. The molecule has 0 radical (unpaired) electrons. The van der Waals surface area contributed by atoms with Crippen molar-refractivity contribution in [3.8, 4) is 5.75 Å². The number of para-hydroxylation sites is 1. The first-order chi connectivity index (χ1) is 12.0. The lowest BCUT2D eigenvalue weighted by molar-refractivity contribution is -0.159. The normalized spacial score (nSPS) is 14.3. The third-order valence-corrected chi connectivity index (χ3v) is 3.92. The number of nitrogens with one attached hydrogen (secondary N) is 1. The number of carboxylic acid groups (broad SMARTS) is 2. The van der Waals surface area contributed by atoms with Crippen molar-refractivity contribution < 1.29 is 29.3 Å². The summed E-state index contributed by atoms with van der Waals surface area (Å²) in [6, 6.07) is 7.86. The largest absolute Gasteiger partial charge is 0.490 e. The zero-order chi connectivity index (χ0) is 18.5. The number of benzene rings is 1. The molecule has 1 saturated heterocycles. The Hall–Kier alpha value is -1.68. The fourth-order valence-corrected chi connectivity index (χ4v) is 2.40. The number of rotatable bonds is 7. The zero-order valence-corrected chi connectivity index (χ0v) is 15.4. The summed E-state index contributed by atoms with van der Waals surface area (Å²) in [5.74, 6) is -2.78. The highest BCUT2D eigenvalue weighted by Gasteiger charge is 2.08. The van der Waals surface area contributed by atoms with E-state index in [1.54, 1.807) is 0 Å². The third-order valence-electron chi connectivity index (χ3n) is 3.27. The van der Waals surface area contributed by atoms with E-state index in [0.717, 1.165) is 49.6 Å². The molecular weight excluding hydrogens is 396 g/mol. The summed E-state index contributed by atoms with van der Waals surface area (Å²) in [6.45, 7) is 7.43. The van der Waals surface area contributed by atoms with Gasteiger partial charge in [-0.3, -0.25) is 4.90 Å². The van der Waals surface area contributed by atoms with Crippen molar-refractivity contribution in [1.29, 1.82) is 0 Å². The average Bonchev–Trinajstić information content (AvgIpc) is 2.61. The average molecular weight is 419 g/mol. The van der Waals surface area contributed by atoms with Crippen molar-refractivity contribution in [2.75, 3.05) is 52.5 Å². The molecule has 3 N–H and O–H groups in total. The Labute approximate surface area is 154 Å². The van der Waals surface area contributed by atoms with Crippen LogP contribution in [0.15, 0.2) is 28.7 Å². The van der Waals surface area contributed by atoms with Crippen LogP contribution in [-0.2, 0) is 14.3 Å². The summed E-state index contributed by atoms with van der Waals surface area (Å²) in [5, 5.41) is 18.1. The van der Waals surface area contributed by atoms with Gasteiger partial charge in [-0.2, -0.15) is 0 Å². The van der Waals surface area contributed by atoms with E-state index in [4.69, 9.17) is 29.3 Å². The molecule has 0 unspecified atom stereocenters. The molecule has 25 heavy (non-hydrogen) atoms. The highest BCUT2D eigenvalue weighted by atomic mass is 79.9. The van der Waals surface area contributed by atoms with Crippen LogP contribution in [0.25, 0.3) is 0 Å². The summed E-state index contributed by atoms with van der Waals surface area (Å²) in [7, 11) is 0. The van der Waals surface area contributed by atoms with Crippen molar-refractivity contribution in [3.05, 3.63) is 28.7 Å². The first-order valence-electron chi connectivity index (χ1n) is 7.85. The lowest BCUT2D eigenvalue weighted by Crippen LogP contribution is -2.44. The first kappa shape index (κ1) is 21.4. The topological polar surface area (TPSA) is 108 Å². The standard InChI is InChI=1S/C14H21BrN2O2.C2H2O4/c15-13-3-1-2-4-14(13)19-12-11-18-10-9-17-7-5-16-6-8-17;3-1(4)2(5)6/h1-4,16H,5-12H2;(H,3,4)(H,5,6). The monoisotopic (exact) mass is 418 g/mol. The fraction of sp³-hybridized carbons (Fsp3) is 0.500. The maximum atomic E-state index is 9.10. The first-order valence-corrected chi connectivity index (χ1v) is 8.64. The maximum Gasteiger partial charge on any atom is 0.414 e. The molecule has 2 rings (SSSR count). The number of aliphatic carboxylic acids is 2. The second kappa shape index (κ2) is 12.6. The fourth-order valence-electron chi connectivity index (χ4n) is 2.00. The van der Waals surface area contributed by atoms with Crippen LogP contribution in [0, 0.1) is 0 Å². The molecule has 0 amide bonds. The molecule has 1 aliphatic rings. The van der Waals surface area contributed by atoms with E-state index in [1.165, 1.54) is 0 Å². The number of carboxylic acids is 2. The Kier molecular flexibility index (Phi) is 10.8. The molecular formula is C16H23BrN2O6. The Morgan fingerprint density at radius 1 is 1.08 bits per heavy atom. The third kappa shape index (κ3) is 10.0. The Morgan fingerprint density at radius 2 is 1.72 bits per heavy atom. The van der Waals surface area contributed by atoms with E-state index in [9.17, 15) is 0 Å². The van der Waals surface area contributed by atoms with Crippen molar-refractivity contribution in [1.82, 2.24) is 10.2 Å². The van der Waals surface area contributed by atoms with E-state index in [-0.39, 0.29) is 0 Å². The van der Waals surface area contributed by atoms with Gasteiger partial charge in [0, 0.05) is 32.7 Å². The van der Waals surface area contributed by atoms with Crippen molar-refractivity contribution >= 4 is 27.9 Å². The predicted molar refractivity (Wildman–Crippen MR) is 95.0 cm³/mol. The summed E-state index contributed by atoms with van der Waals surface area (Å²) < 4.78 is 12.2. The van der Waals surface area contributed by atoms with Gasteiger partial charge in [0.25, 0.3) is 0 Å². The quantitative estimate of drug-likeness (QED) is 0.442. The molecule has 0 saturated carbocycles. The molecule has 140 valence electrons. The van der Waals surface area contributed by atoms with Crippen molar-refractivity contribution in [3.63, 3.8) is 0 Å². The minimum Gasteiger partial charge on any atom is -0.490 e. The Balaban J connectivity index is 0.000000450. The van der Waals surface area contributed by atoms with E-state index in [1.807, 2.05) is 24.3 Å². The van der Waals surface area contributed by atoms with E-state index >= 15 is 0 Å². The number of hydrogen-bond donors (Lipinski definition) is 3. The van der Waals surface area contributed by atoms with E-state index in [0.29, 0.717) is 13.2 Å². The van der Waals surface area contributed by atoms with Crippen LogP contribution in [-0.4, -0.2) is 79.6 Å². The molecule has 0 aliphatic carbocycles. The van der Waals surface area contributed by atoms with Crippen LogP contribution in [0.1, 0.15) is 0 Å². The highest BCUT2D eigenvalue weighted by Crippen LogP contribution is 2.23. The Morgan fingerprint density at radius 3 is 2.32 bits per heavy atom. The Bertz CT molecular complexity index is 525. The molecule has 1 heterocycles. The summed E-state index contributed by atoms with van der Waals surface area (Å²) in [5.41, 5.74) is 0. The number of piperazine rings is 1. The second-order valence-corrected chi connectivity index (χ2v) is 5.95. The van der Waals surface area contributed by atoms with E-state index in [2.05, 4.69) is 26.1 Å². The SMILES string of the molecule is Brc1ccccc1OCCOCCN1CCNCC1.O=C(O)C(=O)O. The van der Waals surface area contributed by atoms with Crippen molar-refractivity contribution in [2.45, 2.75) is 0 Å². The van der Waals surface area contributed by atoms with Crippen molar-refractivity contribution in [2.24, 2.45) is 0 Å². The molecule has 1 aromatic rings. The minimum absolute atomic E-state index is 0.587. The zero-order valence-electron chi connectivity index (χ0n) is 13.8. The van der Waals surface area contributed by atoms with Crippen LogP contribution in [0.3, 0.4) is 0 Å². The summed E-state index contributed by atoms with van der Waals surface area (Å²) >= 11 is 3.45. The van der Waals surface area contributed by atoms with Gasteiger partial charge >= 0.3 is 11.9 Å². The molecule has 0 atom stereocenters. The predicted octanol–water partition coefficient (Wildman–Crippen LogP) is 0.905. The summed E-state index contributed by atoms with van der Waals surface area (Å²) in [4.78, 5) is 20.6. The number of ether oxygens (including phenoxy) is 2. The van der Waals surface area contributed by atoms with Crippen LogP contribution < -0.4 is 10.1 Å². The van der Waals surface area contributed by atoms with Gasteiger partial charge in [-0.15, -0.1) is 0 Å². The minimum atomic E-state index is -1.82. The van der Waals surface area contributed by atoms with Crippen LogP contribution >= 0.6 is 15.9 Å². The molecule has 0 bridgehead atoms. The van der Waals surface area contributed by atoms with Gasteiger partial charge in [0.2, 0.25) is 0 Å².